The SMILES string of the molecule is CN1C=C(C(=O)O)[C@H](c2ccccc2)NC1=O. The Morgan fingerprint density at radius 1 is 1.35 bits per heavy atom. The lowest BCUT2D eigenvalue weighted by atomic mass is 9.98. The summed E-state index contributed by atoms with van der Waals surface area (Å²) in [7, 11) is 1.51. The summed E-state index contributed by atoms with van der Waals surface area (Å²) < 4.78 is 0. The first-order chi connectivity index (χ1) is 8.09. The number of amides is 2. The minimum Gasteiger partial charge on any atom is -0.478 e. The maximum atomic E-state index is 11.5. The van der Waals surface area contributed by atoms with Gasteiger partial charge in [0.2, 0.25) is 0 Å². The van der Waals surface area contributed by atoms with Crippen LogP contribution in [0.2, 0.25) is 0 Å². The van der Waals surface area contributed by atoms with Gasteiger partial charge < -0.3 is 15.3 Å². The highest BCUT2D eigenvalue weighted by atomic mass is 16.4. The molecule has 0 aromatic heterocycles. The van der Waals surface area contributed by atoms with Gasteiger partial charge in [0.15, 0.2) is 0 Å². The van der Waals surface area contributed by atoms with Gasteiger partial charge >= 0.3 is 12.0 Å². The van der Waals surface area contributed by atoms with Crippen LogP contribution in [0.4, 0.5) is 4.79 Å². The summed E-state index contributed by atoms with van der Waals surface area (Å²) in [4.78, 5) is 23.9. The maximum Gasteiger partial charge on any atom is 0.335 e. The normalized spacial score (nSPS) is 19.6. The largest absolute Gasteiger partial charge is 0.478 e. The second-order valence-corrected chi connectivity index (χ2v) is 3.79. The molecule has 0 aliphatic carbocycles. The first-order valence-corrected chi connectivity index (χ1v) is 5.13. The van der Waals surface area contributed by atoms with Gasteiger partial charge in [-0.25, -0.2) is 9.59 Å². The average Bonchev–Trinajstić information content (AvgIpc) is 2.33. The van der Waals surface area contributed by atoms with E-state index in [1.54, 1.807) is 24.3 Å². The number of benzene rings is 1. The van der Waals surface area contributed by atoms with Crippen LogP contribution in [0.1, 0.15) is 11.6 Å². The molecule has 2 amide bonds. The van der Waals surface area contributed by atoms with Crippen LogP contribution in [0.3, 0.4) is 0 Å². The molecule has 0 saturated heterocycles. The van der Waals surface area contributed by atoms with Crippen molar-refractivity contribution in [1.29, 1.82) is 0 Å². The second-order valence-electron chi connectivity index (χ2n) is 3.79. The summed E-state index contributed by atoms with van der Waals surface area (Å²) in [5.41, 5.74) is 0.904. The fraction of sp³-hybridized carbons (Fsp3) is 0.167. The van der Waals surface area contributed by atoms with Gasteiger partial charge in [-0.1, -0.05) is 30.3 Å². The second kappa shape index (κ2) is 4.29. The molecule has 1 heterocycles. The Labute approximate surface area is 98.4 Å². The van der Waals surface area contributed by atoms with E-state index in [1.165, 1.54) is 18.1 Å². The standard InChI is InChI=1S/C12H12N2O3/c1-14-7-9(11(15)16)10(13-12(14)17)8-5-3-2-4-6-8/h2-7,10H,1H3,(H,13,17)(H,15,16)/t10-/m0/s1. The Bertz CT molecular complexity index is 482. The van der Waals surface area contributed by atoms with Crippen LogP contribution < -0.4 is 5.32 Å². The van der Waals surface area contributed by atoms with Crippen molar-refractivity contribution in [2.45, 2.75) is 6.04 Å². The summed E-state index contributed by atoms with van der Waals surface area (Å²) in [6.45, 7) is 0. The van der Waals surface area contributed by atoms with Crippen LogP contribution in [0.15, 0.2) is 42.1 Å². The van der Waals surface area contributed by atoms with Crippen LogP contribution in [-0.2, 0) is 4.79 Å². The highest BCUT2D eigenvalue weighted by molar-refractivity contribution is 5.92. The number of urea groups is 1. The van der Waals surface area contributed by atoms with Crippen molar-refractivity contribution >= 4 is 12.0 Å². The lowest BCUT2D eigenvalue weighted by molar-refractivity contribution is -0.133. The maximum absolute atomic E-state index is 11.5. The predicted octanol–water partition coefficient (Wildman–Crippen LogP) is 1.35. The van der Waals surface area contributed by atoms with E-state index in [2.05, 4.69) is 5.32 Å². The molecule has 0 spiro atoms. The summed E-state index contributed by atoms with van der Waals surface area (Å²) in [5.74, 6) is -1.04. The van der Waals surface area contributed by atoms with E-state index < -0.39 is 12.0 Å². The number of nitrogens with zero attached hydrogens (tertiary/aromatic N) is 1. The molecule has 1 atom stereocenters. The molecular formula is C12H12N2O3. The van der Waals surface area contributed by atoms with E-state index in [0.717, 1.165) is 5.56 Å². The fourth-order valence-electron chi connectivity index (χ4n) is 1.73. The number of carbonyl (C=O) groups excluding carboxylic acids is 1. The average molecular weight is 232 g/mol. The third-order valence-corrected chi connectivity index (χ3v) is 2.61. The van der Waals surface area contributed by atoms with Crippen molar-refractivity contribution in [2.24, 2.45) is 0 Å². The van der Waals surface area contributed by atoms with Crippen LogP contribution >= 0.6 is 0 Å². The number of nitrogens with one attached hydrogen (secondary N) is 1. The lowest BCUT2D eigenvalue weighted by Crippen LogP contribution is -2.43. The van der Waals surface area contributed by atoms with Gasteiger partial charge in [0.1, 0.15) is 0 Å². The molecule has 1 aliphatic heterocycles. The van der Waals surface area contributed by atoms with Crippen LogP contribution in [-0.4, -0.2) is 29.1 Å². The summed E-state index contributed by atoms with van der Waals surface area (Å²) >= 11 is 0. The van der Waals surface area contributed by atoms with Crippen LogP contribution in [0.25, 0.3) is 0 Å². The Kier molecular flexibility index (Phi) is 2.82. The number of carboxylic acid groups (broad SMARTS) is 1. The third-order valence-electron chi connectivity index (χ3n) is 2.61. The number of aliphatic carboxylic acids is 1. The van der Waals surface area contributed by atoms with E-state index >= 15 is 0 Å². The molecule has 1 aliphatic rings. The van der Waals surface area contributed by atoms with Gasteiger partial charge in [0, 0.05) is 13.2 Å². The van der Waals surface area contributed by atoms with E-state index in [0.29, 0.717) is 0 Å². The summed E-state index contributed by atoms with van der Waals surface area (Å²) in [6, 6.07) is 8.10. The van der Waals surface area contributed by atoms with Crippen molar-refractivity contribution in [3.63, 3.8) is 0 Å². The van der Waals surface area contributed by atoms with Crippen molar-refractivity contribution in [2.75, 3.05) is 7.05 Å². The number of hydrogen-bond donors (Lipinski definition) is 2. The van der Waals surface area contributed by atoms with E-state index in [4.69, 9.17) is 5.11 Å². The molecule has 5 heteroatoms. The molecule has 2 N–H and O–H groups in total. The van der Waals surface area contributed by atoms with Crippen molar-refractivity contribution in [3.8, 4) is 0 Å². The minimum absolute atomic E-state index is 0.151. The molecule has 0 unspecified atom stereocenters. The van der Waals surface area contributed by atoms with Gasteiger partial charge in [0.25, 0.3) is 0 Å². The number of carboxylic acids is 1. The Morgan fingerprint density at radius 3 is 2.59 bits per heavy atom. The van der Waals surface area contributed by atoms with E-state index in [1.807, 2.05) is 6.07 Å². The zero-order valence-electron chi connectivity index (χ0n) is 9.25. The van der Waals surface area contributed by atoms with E-state index in [9.17, 15) is 9.59 Å². The molecule has 2 rings (SSSR count). The minimum atomic E-state index is -1.04. The predicted molar refractivity (Wildman–Crippen MR) is 61.2 cm³/mol. The molecule has 0 bridgehead atoms. The zero-order valence-corrected chi connectivity index (χ0v) is 9.25. The number of carbonyl (C=O) groups is 2. The quantitative estimate of drug-likeness (QED) is 0.808. The molecule has 0 fully saturated rings. The van der Waals surface area contributed by atoms with Crippen molar-refractivity contribution in [1.82, 2.24) is 10.2 Å². The smallest absolute Gasteiger partial charge is 0.335 e. The highest BCUT2D eigenvalue weighted by Crippen LogP contribution is 2.25. The molecule has 1 aromatic carbocycles. The Hall–Kier alpha value is -2.30. The van der Waals surface area contributed by atoms with Gasteiger partial charge in [-0.05, 0) is 5.56 Å². The van der Waals surface area contributed by atoms with Gasteiger partial charge in [-0.3, -0.25) is 0 Å². The fourth-order valence-corrected chi connectivity index (χ4v) is 1.73. The first kappa shape index (κ1) is 11.2. The monoisotopic (exact) mass is 232 g/mol. The molecule has 88 valence electrons. The summed E-state index contributed by atoms with van der Waals surface area (Å²) in [5, 5.41) is 11.8. The van der Waals surface area contributed by atoms with Gasteiger partial charge in [0.05, 0.1) is 11.6 Å². The number of hydrogen-bond acceptors (Lipinski definition) is 2. The Balaban J connectivity index is 2.42. The molecule has 0 saturated carbocycles. The topological polar surface area (TPSA) is 69.6 Å². The molecule has 5 nitrogen and oxygen atoms in total. The molecular weight excluding hydrogens is 220 g/mol. The molecule has 0 radical (unpaired) electrons. The highest BCUT2D eigenvalue weighted by Gasteiger charge is 2.29. The van der Waals surface area contributed by atoms with E-state index in [-0.39, 0.29) is 11.6 Å². The van der Waals surface area contributed by atoms with Crippen LogP contribution in [0, 0.1) is 0 Å². The zero-order chi connectivity index (χ0) is 12.4. The molecule has 17 heavy (non-hydrogen) atoms. The van der Waals surface area contributed by atoms with Gasteiger partial charge in [-0.2, -0.15) is 0 Å². The third kappa shape index (κ3) is 2.13. The first-order valence-electron chi connectivity index (χ1n) is 5.13. The van der Waals surface area contributed by atoms with Gasteiger partial charge in [-0.15, -0.1) is 0 Å². The Morgan fingerprint density at radius 2 is 2.00 bits per heavy atom. The van der Waals surface area contributed by atoms with Crippen molar-refractivity contribution in [3.05, 3.63) is 47.7 Å². The van der Waals surface area contributed by atoms with Crippen molar-refractivity contribution < 1.29 is 14.7 Å². The lowest BCUT2D eigenvalue weighted by Gasteiger charge is -2.28. The molecule has 1 aromatic rings. The summed E-state index contributed by atoms with van der Waals surface area (Å²) in [6.07, 6.45) is 1.35. The number of rotatable bonds is 2. The van der Waals surface area contributed by atoms with Crippen LogP contribution in [0.5, 0.6) is 0 Å².